The van der Waals surface area contributed by atoms with E-state index in [0.717, 1.165) is 16.8 Å². The second-order valence-corrected chi connectivity index (χ2v) is 5.10. The van der Waals surface area contributed by atoms with Gasteiger partial charge in [-0.2, -0.15) is 0 Å². The van der Waals surface area contributed by atoms with Gasteiger partial charge in [0.15, 0.2) is 0 Å². The van der Waals surface area contributed by atoms with Crippen LogP contribution in [0.4, 0.5) is 11.4 Å². The number of amides is 1. The second-order valence-electron chi connectivity index (χ2n) is 4.66. The number of anilines is 2. The van der Waals surface area contributed by atoms with Crippen molar-refractivity contribution < 1.29 is 4.79 Å². The Labute approximate surface area is 122 Å². The number of carbonyl (C=O) groups excluding carboxylic acids is 1. The van der Waals surface area contributed by atoms with Crippen LogP contribution in [-0.4, -0.2) is 5.91 Å². The predicted molar refractivity (Wildman–Crippen MR) is 83.1 cm³/mol. The van der Waals surface area contributed by atoms with Crippen LogP contribution in [0.2, 0.25) is 5.02 Å². The highest BCUT2D eigenvalue weighted by Crippen LogP contribution is 2.22. The lowest BCUT2D eigenvalue weighted by atomic mass is 10.1. The van der Waals surface area contributed by atoms with Gasteiger partial charge in [0.25, 0.3) is 5.91 Å². The number of carbonyl (C=O) groups is 1. The average molecular weight is 290 g/mol. The fourth-order valence-electron chi connectivity index (χ4n) is 2.08. The first-order valence-corrected chi connectivity index (χ1v) is 6.53. The van der Waals surface area contributed by atoms with Gasteiger partial charge in [0.05, 0.1) is 11.3 Å². The number of hydrazine groups is 1. The number of aryl methyl sites for hydroxylation is 2. The van der Waals surface area contributed by atoms with Crippen molar-refractivity contribution in [3.05, 3.63) is 58.1 Å². The number of nitrogens with two attached hydrogens (primary N) is 1. The van der Waals surface area contributed by atoms with E-state index in [4.69, 9.17) is 17.4 Å². The summed E-state index contributed by atoms with van der Waals surface area (Å²) in [5, 5.41) is 3.33. The standard InChI is InChI=1S/C15H16ClN3O/c1-9-5-10(2)7-12(6-9)18-15(20)13-8-11(16)3-4-14(13)19-17/h3-8,19H,17H2,1-2H3,(H,18,20). The molecule has 0 saturated carbocycles. The van der Waals surface area contributed by atoms with E-state index in [1.54, 1.807) is 18.2 Å². The molecule has 0 fully saturated rings. The lowest BCUT2D eigenvalue weighted by Gasteiger charge is -2.11. The normalized spacial score (nSPS) is 10.2. The van der Waals surface area contributed by atoms with Crippen molar-refractivity contribution in [2.75, 3.05) is 10.7 Å². The molecule has 0 aromatic heterocycles. The minimum atomic E-state index is -0.259. The van der Waals surface area contributed by atoms with Crippen LogP contribution in [0, 0.1) is 13.8 Å². The Kier molecular flexibility index (Phi) is 4.27. The molecule has 20 heavy (non-hydrogen) atoms. The summed E-state index contributed by atoms with van der Waals surface area (Å²) in [5.74, 6) is 5.15. The highest BCUT2D eigenvalue weighted by molar-refractivity contribution is 6.31. The van der Waals surface area contributed by atoms with Crippen LogP contribution in [0.25, 0.3) is 0 Å². The molecule has 0 aliphatic heterocycles. The quantitative estimate of drug-likeness (QED) is 0.598. The van der Waals surface area contributed by atoms with Crippen molar-refractivity contribution in [2.24, 2.45) is 5.84 Å². The lowest BCUT2D eigenvalue weighted by molar-refractivity contribution is 0.102. The maximum Gasteiger partial charge on any atom is 0.257 e. The first-order chi connectivity index (χ1) is 9.49. The van der Waals surface area contributed by atoms with Crippen LogP contribution in [0.1, 0.15) is 21.5 Å². The van der Waals surface area contributed by atoms with Crippen LogP contribution in [0.5, 0.6) is 0 Å². The molecule has 4 N–H and O–H groups in total. The summed E-state index contributed by atoms with van der Waals surface area (Å²) in [6.07, 6.45) is 0. The molecule has 104 valence electrons. The molecule has 0 heterocycles. The third-order valence-electron chi connectivity index (χ3n) is 2.86. The van der Waals surface area contributed by atoms with Crippen molar-refractivity contribution in [1.82, 2.24) is 0 Å². The Morgan fingerprint density at radius 2 is 1.75 bits per heavy atom. The SMILES string of the molecule is Cc1cc(C)cc(NC(=O)c2cc(Cl)ccc2NN)c1. The van der Waals surface area contributed by atoms with Gasteiger partial charge in [0.1, 0.15) is 0 Å². The van der Waals surface area contributed by atoms with Crippen LogP contribution >= 0.6 is 11.6 Å². The molecule has 2 aromatic rings. The number of rotatable bonds is 3. The average Bonchev–Trinajstić information content (AvgIpc) is 2.37. The molecule has 4 nitrogen and oxygen atoms in total. The van der Waals surface area contributed by atoms with Gasteiger partial charge < -0.3 is 10.7 Å². The fourth-order valence-corrected chi connectivity index (χ4v) is 2.25. The minimum Gasteiger partial charge on any atom is -0.323 e. The summed E-state index contributed by atoms with van der Waals surface area (Å²) < 4.78 is 0. The molecule has 0 unspecified atom stereocenters. The van der Waals surface area contributed by atoms with E-state index in [9.17, 15) is 4.79 Å². The van der Waals surface area contributed by atoms with Crippen LogP contribution < -0.4 is 16.6 Å². The van der Waals surface area contributed by atoms with Gasteiger partial charge in [0.2, 0.25) is 0 Å². The maximum atomic E-state index is 12.3. The number of halogens is 1. The summed E-state index contributed by atoms with van der Waals surface area (Å²) >= 11 is 5.92. The molecule has 0 aliphatic rings. The van der Waals surface area contributed by atoms with Crippen molar-refractivity contribution in [1.29, 1.82) is 0 Å². The van der Waals surface area contributed by atoms with Gasteiger partial charge in [-0.25, -0.2) is 0 Å². The Morgan fingerprint density at radius 1 is 1.10 bits per heavy atom. The van der Waals surface area contributed by atoms with Gasteiger partial charge in [-0.3, -0.25) is 10.6 Å². The zero-order chi connectivity index (χ0) is 14.7. The first kappa shape index (κ1) is 14.4. The summed E-state index contributed by atoms with van der Waals surface area (Å²) in [7, 11) is 0. The third-order valence-corrected chi connectivity index (χ3v) is 3.10. The van der Waals surface area contributed by atoms with Crippen LogP contribution in [-0.2, 0) is 0 Å². The lowest BCUT2D eigenvalue weighted by Crippen LogP contribution is -2.17. The molecular formula is C15H16ClN3O. The van der Waals surface area contributed by atoms with Gasteiger partial charge in [-0.05, 0) is 55.3 Å². The molecule has 0 atom stereocenters. The molecule has 5 heteroatoms. The van der Waals surface area contributed by atoms with E-state index in [-0.39, 0.29) is 5.91 Å². The van der Waals surface area contributed by atoms with E-state index in [1.165, 1.54) is 0 Å². The smallest absolute Gasteiger partial charge is 0.257 e. The maximum absolute atomic E-state index is 12.3. The number of benzene rings is 2. The number of nitrogens with one attached hydrogen (secondary N) is 2. The van der Waals surface area contributed by atoms with Crippen molar-refractivity contribution in [2.45, 2.75) is 13.8 Å². The topological polar surface area (TPSA) is 67.2 Å². The van der Waals surface area contributed by atoms with E-state index in [2.05, 4.69) is 10.7 Å². The predicted octanol–water partition coefficient (Wildman–Crippen LogP) is 3.49. The largest absolute Gasteiger partial charge is 0.323 e. The number of hydrogen-bond acceptors (Lipinski definition) is 3. The summed E-state index contributed by atoms with van der Waals surface area (Å²) in [5.41, 5.74) is 6.34. The minimum absolute atomic E-state index is 0.259. The highest BCUT2D eigenvalue weighted by atomic mass is 35.5. The van der Waals surface area contributed by atoms with Crippen molar-refractivity contribution in [3.63, 3.8) is 0 Å². The second kappa shape index (κ2) is 5.94. The van der Waals surface area contributed by atoms with Gasteiger partial charge in [0, 0.05) is 10.7 Å². The zero-order valence-electron chi connectivity index (χ0n) is 11.3. The molecule has 0 bridgehead atoms. The third kappa shape index (κ3) is 3.29. The Hall–Kier alpha value is -2.04. The van der Waals surface area contributed by atoms with Crippen LogP contribution in [0.15, 0.2) is 36.4 Å². The molecule has 0 aliphatic carbocycles. The van der Waals surface area contributed by atoms with Gasteiger partial charge in [-0.1, -0.05) is 17.7 Å². The van der Waals surface area contributed by atoms with E-state index in [0.29, 0.717) is 16.3 Å². The Morgan fingerprint density at radius 3 is 2.35 bits per heavy atom. The zero-order valence-corrected chi connectivity index (χ0v) is 12.1. The highest BCUT2D eigenvalue weighted by Gasteiger charge is 2.12. The van der Waals surface area contributed by atoms with E-state index in [1.807, 2.05) is 32.0 Å². The summed E-state index contributed by atoms with van der Waals surface area (Å²) in [6, 6.07) is 10.8. The molecule has 0 radical (unpaired) electrons. The molecule has 1 amide bonds. The van der Waals surface area contributed by atoms with Crippen molar-refractivity contribution in [3.8, 4) is 0 Å². The van der Waals surface area contributed by atoms with E-state index < -0.39 is 0 Å². The van der Waals surface area contributed by atoms with E-state index >= 15 is 0 Å². The fraction of sp³-hybridized carbons (Fsp3) is 0.133. The Bertz CT molecular complexity index is 635. The monoisotopic (exact) mass is 289 g/mol. The molecule has 0 spiro atoms. The molecule has 0 saturated heterocycles. The summed E-state index contributed by atoms with van der Waals surface area (Å²) in [4.78, 5) is 12.3. The first-order valence-electron chi connectivity index (χ1n) is 6.15. The molecular weight excluding hydrogens is 274 g/mol. The number of nitrogen functional groups attached to an aromatic ring is 1. The Balaban J connectivity index is 2.30. The molecule has 2 aromatic carbocycles. The van der Waals surface area contributed by atoms with Gasteiger partial charge in [-0.15, -0.1) is 0 Å². The number of hydrogen-bond donors (Lipinski definition) is 3. The van der Waals surface area contributed by atoms with Crippen molar-refractivity contribution >= 4 is 28.9 Å². The van der Waals surface area contributed by atoms with Gasteiger partial charge >= 0.3 is 0 Å². The van der Waals surface area contributed by atoms with Crippen LogP contribution in [0.3, 0.4) is 0 Å². The molecule has 2 rings (SSSR count). The summed E-state index contributed by atoms with van der Waals surface area (Å²) in [6.45, 7) is 3.96.